The summed E-state index contributed by atoms with van der Waals surface area (Å²) in [5.74, 6) is 0.176. The van der Waals surface area contributed by atoms with E-state index in [1.807, 2.05) is 0 Å². The molecule has 37 heavy (non-hydrogen) atoms. The Morgan fingerprint density at radius 2 is 1.19 bits per heavy atom. The van der Waals surface area contributed by atoms with Crippen molar-refractivity contribution in [2.24, 2.45) is 5.92 Å². The van der Waals surface area contributed by atoms with E-state index in [1.165, 1.54) is 98.6 Å². The second-order valence-corrected chi connectivity index (χ2v) is 11.4. The van der Waals surface area contributed by atoms with Crippen LogP contribution in [0.2, 0.25) is 5.02 Å². The third-order valence-corrected chi connectivity index (χ3v) is 8.59. The number of unbranched alkanes of at least 4 members (excludes halogenated alkanes) is 3. The molecule has 3 aromatic carbocycles. The van der Waals surface area contributed by atoms with Crippen LogP contribution in [0.3, 0.4) is 0 Å². The molecule has 198 valence electrons. The summed E-state index contributed by atoms with van der Waals surface area (Å²) in [5, 5.41) is -0.427. The summed E-state index contributed by atoms with van der Waals surface area (Å²) in [6.45, 7) is 2.27. The fourth-order valence-corrected chi connectivity index (χ4v) is 5.89. The highest BCUT2D eigenvalue weighted by Crippen LogP contribution is 2.37. The van der Waals surface area contributed by atoms with E-state index in [0.717, 1.165) is 24.7 Å². The van der Waals surface area contributed by atoms with Crippen molar-refractivity contribution in [2.45, 2.75) is 96.3 Å². The Morgan fingerprint density at radius 3 is 1.81 bits per heavy atom. The Balaban J connectivity index is 1.17. The van der Waals surface area contributed by atoms with Crippen molar-refractivity contribution in [1.29, 1.82) is 0 Å². The maximum absolute atomic E-state index is 13.7. The van der Waals surface area contributed by atoms with E-state index in [1.54, 1.807) is 0 Å². The molecule has 0 nitrogen and oxygen atoms in total. The maximum Gasteiger partial charge on any atom is 0.145 e. The molecule has 1 aliphatic rings. The van der Waals surface area contributed by atoms with Crippen molar-refractivity contribution in [2.75, 3.05) is 0 Å². The van der Waals surface area contributed by atoms with Gasteiger partial charge in [0.2, 0.25) is 0 Å². The molecular formula is C34H41ClF2. The lowest BCUT2D eigenvalue weighted by Crippen LogP contribution is -2.14. The highest BCUT2D eigenvalue weighted by molar-refractivity contribution is 6.30. The second kappa shape index (κ2) is 14.1. The van der Waals surface area contributed by atoms with Crippen LogP contribution in [0.4, 0.5) is 8.78 Å². The SMILES string of the molecule is CCCCCCc1ccc(C2CCC(CCc3ccc(CCc4cc(F)c(Cl)c(F)c4)cc3)CC2)cc1. The molecule has 0 unspecified atom stereocenters. The van der Waals surface area contributed by atoms with Gasteiger partial charge in [0.25, 0.3) is 0 Å². The van der Waals surface area contributed by atoms with Gasteiger partial charge in [0.15, 0.2) is 0 Å². The van der Waals surface area contributed by atoms with Gasteiger partial charge in [-0.1, -0.05) is 86.3 Å². The molecule has 0 bridgehead atoms. The highest BCUT2D eigenvalue weighted by atomic mass is 35.5. The number of hydrogen-bond donors (Lipinski definition) is 0. The van der Waals surface area contributed by atoms with Gasteiger partial charge in [0, 0.05) is 0 Å². The lowest BCUT2D eigenvalue weighted by molar-refractivity contribution is 0.310. The zero-order valence-electron chi connectivity index (χ0n) is 22.3. The van der Waals surface area contributed by atoms with Gasteiger partial charge in [0.05, 0.1) is 0 Å². The largest absolute Gasteiger partial charge is 0.205 e. The summed E-state index contributed by atoms with van der Waals surface area (Å²) in [4.78, 5) is 0. The third-order valence-electron chi connectivity index (χ3n) is 8.23. The molecule has 3 heteroatoms. The average molecular weight is 523 g/mol. The Kier molecular flexibility index (Phi) is 10.6. The van der Waals surface area contributed by atoms with Crippen molar-refractivity contribution in [3.05, 3.63) is 105 Å². The van der Waals surface area contributed by atoms with Crippen LogP contribution in [0.1, 0.15) is 98.4 Å². The van der Waals surface area contributed by atoms with Crippen molar-refractivity contribution < 1.29 is 8.78 Å². The predicted octanol–water partition coefficient (Wildman–Crippen LogP) is 10.4. The van der Waals surface area contributed by atoms with E-state index >= 15 is 0 Å². The lowest BCUT2D eigenvalue weighted by Gasteiger charge is -2.29. The minimum Gasteiger partial charge on any atom is -0.205 e. The summed E-state index contributed by atoms with van der Waals surface area (Å²) < 4.78 is 27.3. The number of aryl methyl sites for hydroxylation is 4. The van der Waals surface area contributed by atoms with E-state index < -0.39 is 16.7 Å². The van der Waals surface area contributed by atoms with Crippen molar-refractivity contribution >= 4 is 11.6 Å². The van der Waals surface area contributed by atoms with Gasteiger partial charge in [-0.15, -0.1) is 0 Å². The second-order valence-electron chi connectivity index (χ2n) is 11.0. The van der Waals surface area contributed by atoms with Gasteiger partial charge in [-0.25, -0.2) is 8.78 Å². The first-order valence-electron chi connectivity index (χ1n) is 14.3. The molecular weight excluding hydrogens is 482 g/mol. The predicted molar refractivity (Wildman–Crippen MR) is 153 cm³/mol. The van der Waals surface area contributed by atoms with E-state index in [-0.39, 0.29) is 0 Å². The number of hydrogen-bond acceptors (Lipinski definition) is 0. The first-order chi connectivity index (χ1) is 18.0. The molecule has 1 aliphatic carbocycles. The molecule has 0 aromatic heterocycles. The van der Waals surface area contributed by atoms with Crippen LogP contribution in [0.5, 0.6) is 0 Å². The van der Waals surface area contributed by atoms with Gasteiger partial charge >= 0.3 is 0 Å². The van der Waals surface area contributed by atoms with Crippen LogP contribution in [0.25, 0.3) is 0 Å². The molecule has 0 atom stereocenters. The molecule has 4 rings (SSSR count). The first kappa shape index (κ1) is 27.8. The summed E-state index contributed by atoms with van der Waals surface area (Å²) >= 11 is 5.58. The molecule has 0 aliphatic heterocycles. The fraction of sp³-hybridized carbons (Fsp3) is 0.471. The normalized spacial score (nSPS) is 17.7. The Hall–Kier alpha value is -2.19. The van der Waals surface area contributed by atoms with E-state index in [9.17, 15) is 8.78 Å². The van der Waals surface area contributed by atoms with E-state index in [2.05, 4.69) is 55.5 Å². The van der Waals surface area contributed by atoms with Gasteiger partial charge in [-0.2, -0.15) is 0 Å². The van der Waals surface area contributed by atoms with Crippen LogP contribution in [0, 0.1) is 17.6 Å². The van der Waals surface area contributed by atoms with Crippen LogP contribution < -0.4 is 0 Å². The smallest absolute Gasteiger partial charge is 0.145 e. The van der Waals surface area contributed by atoms with Crippen LogP contribution >= 0.6 is 11.6 Å². The van der Waals surface area contributed by atoms with Crippen molar-refractivity contribution in [1.82, 2.24) is 0 Å². The van der Waals surface area contributed by atoms with Crippen molar-refractivity contribution in [3.63, 3.8) is 0 Å². The van der Waals surface area contributed by atoms with Crippen molar-refractivity contribution in [3.8, 4) is 0 Å². The van der Waals surface area contributed by atoms with E-state index in [0.29, 0.717) is 12.0 Å². The van der Waals surface area contributed by atoms with Gasteiger partial charge in [-0.05, 0) is 116 Å². The van der Waals surface area contributed by atoms with Crippen LogP contribution in [-0.2, 0) is 25.7 Å². The highest BCUT2D eigenvalue weighted by Gasteiger charge is 2.22. The maximum atomic E-state index is 13.7. The number of halogens is 3. The van der Waals surface area contributed by atoms with Crippen LogP contribution in [-0.4, -0.2) is 0 Å². The number of benzene rings is 3. The molecule has 0 N–H and O–H groups in total. The third kappa shape index (κ3) is 8.40. The van der Waals surface area contributed by atoms with E-state index in [4.69, 9.17) is 11.6 Å². The molecule has 1 fully saturated rings. The zero-order chi connectivity index (χ0) is 26.0. The lowest BCUT2D eigenvalue weighted by atomic mass is 9.76. The standard InChI is InChI=1S/C34H41ClF2/c1-2-3-4-5-6-25-15-19-30(20-16-25)31-21-17-28(18-22-31)12-11-26-7-9-27(10-8-26)13-14-29-23-32(36)34(35)33(37)24-29/h7-10,15-16,19-20,23-24,28,31H,2-6,11-14,17-18,21-22H2,1H3. The minimum absolute atomic E-state index is 0.427. The molecule has 0 amide bonds. The first-order valence-corrected chi connectivity index (χ1v) is 14.7. The van der Waals surface area contributed by atoms with Gasteiger partial charge in [0.1, 0.15) is 16.7 Å². The quantitative estimate of drug-likeness (QED) is 0.164. The Labute approximate surface area is 227 Å². The monoisotopic (exact) mass is 522 g/mol. The fourth-order valence-electron chi connectivity index (χ4n) is 5.78. The topological polar surface area (TPSA) is 0 Å². The summed E-state index contributed by atoms with van der Waals surface area (Å²) in [6, 6.07) is 20.9. The van der Waals surface area contributed by atoms with Gasteiger partial charge < -0.3 is 0 Å². The minimum atomic E-state index is -0.688. The van der Waals surface area contributed by atoms with Crippen LogP contribution in [0.15, 0.2) is 60.7 Å². The average Bonchev–Trinajstić information content (AvgIpc) is 2.93. The molecule has 1 saturated carbocycles. The Morgan fingerprint density at radius 1 is 0.649 bits per heavy atom. The summed E-state index contributed by atoms with van der Waals surface area (Å²) in [6.07, 6.45) is 15.5. The molecule has 3 aromatic rings. The molecule has 0 spiro atoms. The number of rotatable bonds is 12. The Bertz CT molecular complexity index is 1070. The molecule has 0 radical (unpaired) electrons. The van der Waals surface area contributed by atoms with Gasteiger partial charge in [-0.3, -0.25) is 0 Å². The molecule has 0 heterocycles. The summed E-state index contributed by atoms with van der Waals surface area (Å²) in [5.41, 5.74) is 6.23. The zero-order valence-corrected chi connectivity index (χ0v) is 23.0. The summed E-state index contributed by atoms with van der Waals surface area (Å²) in [7, 11) is 0. The molecule has 0 saturated heterocycles.